The highest BCUT2D eigenvalue weighted by atomic mass is 32.2. The number of amides is 1. The summed E-state index contributed by atoms with van der Waals surface area (Å²) in [7, 11) is -3.76. The van der Waals surface area contributed by atoms with Gasteiger partial charge in [0.1, 0.15) is 0 Å². The molecule has 2 aromatic carbocycles. The summed E-state index contributed by atoms with van der Waals surface area (Å²) in [5, 5.41) is 11.9. The minimum absolute atomic E-state index is 0.0823. The highest BCUT2D eigenvalue weighted by molar-refractivity contribution is 7.92. The van der Waals surface area contributed by atoms with Crippen molar-refractivity contribution in [2.24, 2.45) is 0 Å². The first-order valence-corrected chi connectivity index (χ1v) is 10.0. The molecule has 0 saturated heterocycles. The van der Waals surface area contributed by atoms with Gasteiger partial charge in [0.2, 0.25) is 0 Å². The zero-order valence-electron chi connectivity index (χ0n) is 14.6. The van der Waals surface area contributed by atoms with Crippen LogP contribution in [0.15, 0.2) is 53.4 Å². The Morgan fingerprint density at radius 1 is 1.23 bits per heavy atom. The molecular weight excluding hydrogens is 352 g/mol. The number of hydrogen-bond donors (Lipinski definition) is 2. The summed E-state index contributed by atoms with van der Waals surface area (Å²) in [6, 6.07) is 13.5. The number of nitrogens with zero attached hydrogens (tertiary/aromatic N) is 1. The summed E-state index contributed by atoms with van der Waals surface area (Å²) in [5.74, 6) is -0.415. The zero-order chi connectivity index (χ0) is 18.7. The Balaban J connectivity index is 1.92. The van der Waals surface area contributed by atoms with Crippen molar-refractivity contribution in [3.8, 4) is 0 Å². The summed E-state index contributed by atoms with van der Waals surface area (Å²) < 4.78 is 27.7. The van der Waals surface area contributed by atoms with E-state index >= 15 is 0 Å². The number of carbonyl (C=O) groups excluding carboxylic acids is 1. The van der Waals surface area contributed by atoms with E-state index in [9.17, 15) is 18.3 Å². The van der Waals surface area contributed by atoms with Crippen LogP contribution in [0.2, 0.25) is 0 Å². The molecule has 2 aromatic rings. The molecule has 1 amide bonds. The Bertz CT molecular complexity index is 909. The molecule has 0 spiro atoms. The molecule has 0 aromatic heterocycles. The lowest BCUT2D eigenvalue weighted by Gasteiger charge is -2.30. The number of carbonyl (C=O) groups is 1. The molecule has 1 aliphatic rings. The third-order valence-corrected chi connectivity index (χ3v) is 6.12. The number of hydrogen-bond acceptors (Lipinski definition) is 4. The first-order valence-electron chi connectivity index (χ1n) is 8.56. The average molecular weight is 374 g/mol. The first kappa shape index (κ1) is 18.4. The fourth-order valence-corrected chi connectivity index (χ4v) is 4.60. The molecule has 3 rings (SSSR count). The van der Waals surface area contributed by atoms with Gasteiger partial charge in [-0.2, -0.15) is 0 Å². The van der Waals surface area contributed by atoms with Gasteiger partial charge in [0.05, 0.1) is 16.7 Å². The maximum atomic E-state index is 13.1. The third kappa shape index (κ3) is 3.73. The fourth-order valence-electron chi connectivity index (χ4n) is 3.02. The SMILES string of the molecule is CC(O)CNC(=O)c1cccc(S(=O)(=O)N2CCCc3ccccc32)c1. The molecule has 0 radical (unpaired) electrons. The van der Waals surface area contributed by atoms with Gasteiger partial charge in [-0.15, -0.1) is 0 Å². The van der Waals surface area contributed by atoms with Crippen LogP contribution >= 0.6 is 0 Å². The number of aliphatic hydroxyl groups is 1. The molecule has 6 nitrogen and oxygen atoms in total. The molecule has 1 aliphatic heterocycles. The Labute approximate surface area is 153 Å². The van der Waals surface area contributed by atoms with Crippen LogP contribution < -0.4 is 9.62 Å². The Hall–Kier alpha value is -2.38. The minimum atomic E-state index is -3.76. The Morgan fingerprint density at radius 2 is 2.00 bits per heavy atom. The van der Waals surface area contributed by atoms with Crippen molar-refractivity contribution in [1.82, 2.24) is 5.32 Å². The van der Waals surface area contributed by atoms with Gasteiger partial charge in [-0.25, -0.2) is 8.42 Å². The average Bonchev–Trinajstić information content (AvgIpc) is 2.65. The fraction of sp³-hybridized carbons (Fsp3) is 0.316. The van der Waals surface area contributed by atoms with Crippen LogP contribution in [0, 0.1) is 0 Å². The normalized spacial score (nSPS) is 15.2. The van der Waals surface area contributed by atoms with Crippen molar-refractivity contribution in [3.05, 3.63) is 59.7 Å². The standard InChI is InChI=1S/C19H22N2O4S/c1-14(22)13-20-19(23)16-7-4-9-17(12-16)26(24,25)21-11-5-8-15-6-2-3-10-18(15)21/h2-4,6-7,9-10,12,14,22H,5,8,11,13H2,1H3,(H,20,23). The lowest BCUT2D eigenvalue weighted by atomic mass is 10.0. The van der Waals surface area contributed by atoms with E-state index in [1.165, 1.54) is 16.4 Å². The number of anilines is 1. The summed E-state index contributed by atoms with van der Waals surface area (Å²) in [6.07, 6.45) is 0.935. The van der Waals surface area contributed by atoms with Crippen LogP contribution in [0.3, 0.4) is 0 Å². The summed E-state index contributed by atoms with van der Waals surface area (Å²) in [6.45, 7) is 2.09. The van der Waals surface area contributed by atoms with E-state index in [-0.39, 0.29) is 17.0 Å². The van der Waals surface area contributed by atoms with E-state index in [0.29, 0.717) is 12.2 Å². The van der Waals surface area contributed by atoms with E-state index in [1.54, 1.807) is 19.1 Å². The maximum absolute atomic E-state index is 13.1. The molecule has 1 atom stereocenters. The lowest BCUT2D eigenvalue weighted by molar-refractivity contribution is 0.0924. The largest absolute Gasteiger partial charge is 0.392 e. The number of aliphatic hydroxyl groups excluding tert-OH is 1. The highest BCUT2D eigenvalue weighted by Gasteiger charge is 2.29. The second-order valence-corrected chi connectivity index (χ2v) is 8.26. The minimum Gasteiger partial charge on any atom is -0.392 e. The number of sulfonamides is 1. The van der Waals surface area contributed by atoms with Crippen LogP contribution in [0.5, 0.6) is 0 Å². The maximum Gasteiger partial charge on any atom is 0.264 e. The van der Waals surface area contributed by atoms with Gasteiger partial charge in [-0.05, 0) is 49.6 Å². The van der Waals surface area contributed by atoms with Crippen LogP contribution in [0.25, 0.3) is 0 Å². The molecule has 1 heterocycles. The van der Waals surface area contributed by atoms with Crippen LogP contribution in [0.1, 0.15) is 29.3 Å². The molecule has 2 N–H and O–H groups in total. The number of fused-ring (bicyclic) bond motifs is 1. The number of nitrogens with one attached hydrogen (secondary N) is 1. The Morgan fingerprint density at radius 3 is 2.77 bits per heavy atom. The van der Waals surface area contributed by atoms with E-state index in [4.69, 9.17) is 0 Å². The quantitative estimate of drug-likeness (QED) is 0.837. The van der Waals surface area contributed by atoms with E-state index in [0.717, 1.165) is 18.4 Å². The van der Waals surface area contributed by atoms with Gasteiger partial charge >= 0.3 is 0 Å². The molecule has 26 heavy (non-hydrogen) atoms. The summed E-state index contributed by atoms with van der Waals surface area (Å²) >= 11 is 0. The van der Waals surface area contributed by atoms with Crippen LogP contribution in [-0.4, -0.2) is 38.6 Å². The lowest BCUT2D eigenvalue weighted by Crippen LogP contribution is -2.35. The predicted octanol–water partition coefficient (Wildman–Crippen LogP) is 1.94. The number of rotatable bonds is 5. The van der Waals surface area contributed by atoms with Gasteiger partial charge in [0.15, 0.2) is 0 Å². The molecular formula is C19H22N2O4S. The van der Waals surface area contributed by atoms with Crippen molar-refractivity contribution in [2.45, 2.75) is 30.8 Å². The van der Waals surface area contributed by atoms with Crippen molar-refractivity contribution in [1.29, 1.82) is 0 Å². The summed E-state index contributed by atoms with van der Waals surface area (Å²) in [4.78, 5) is 12.3. The van der Waals surface area contributed by atoms with Gasteiger partial charge in [0.25, 0.3) is 15.9 Å². The molecule has 1 unspecified atom stereocenters. The smallest absolute Gasteiger partial charge is 0.264 e. The van der Waals surface area contributed by atoms with Gasteiger partial charge in [-0.3, -0.25) is 9.10 Å². The van der Waals surface area contributed by atoms with Gasteiger partial charge < -0.3 is 10.4 Å². The van der Waals surface area contributed by atoms with Crippen molar-refractivity contribution >= 4 is 21.6 Å². The van der Waals surface area contributed by atoms with Crippen molar-refractivity contribution in [3.63, 3.8) is 0 Å². The van der Waals surface area contributed by atoms with Gasteiger partial charge in [-0.1, -0.05) is 24.3 Å². The van der Waals surface area contributed by atoms with Crippen LogP contribution in [0.4, 0.5) is 5.69 Å². The summed E-state index contributed by atoms with van der Waals surface area (Å²) in [5.41, 5.74) is 1.95. The topological polar surface area (TPSA) is 86.7 Å². The third-order valence-electron chi connectivity index (χ3n) is 4.31. The first-order chi connectivity index (χ1) is 12.4. The second-order valence-electron chi connectivity index (χ2n) is 6.40. The molecule has 138 valence electrons. The van der Waals surface area contributed by atoms with Crippen LogP contribution in [-0.2, 0) is 16.4 Å². The molecule has 7 heteroatoms. The number of aryl methyl sites for hydroxylation is 1. The predicted molar refractivity (Wildman–Crippen MR) is 99.8 cm³/mol. The molecule has 0 bridgehead atoms. The van der Waals surface area contributed by atoms with Crippen molar-refractivity contribution in [2.75, 3.05) is 17.4 Å². The van der Waals surface area contributed by atoms with E-state index < -0.39 is 22.0 Å². The number of para-hydroxylation sites is 1. The van der Waals surface area contributed by atoms with Crippen molar-refractivity contribution < 1.29 is 18.3 Å². The zero-order valence-corrected chi connectivity index (χ0v) is 15.4. The van der Waals surface area contributed by atoms with E-state index in [2.05, 4.69) is 5.32 Å². The van der Waals surface area contributed by atoms with E-state index in [1.807, 2.05) is 24.3 Å². The molecule has 0 saturated carbocycles. The monoisotopic (exact) mass is 374 g/mol. The van der Waals surface area contributed by atoms with Gasteiger partial charge in [0, 0.05) is 18.7 Å². The second kappa shape index (κ2) is 7.47. The Kier molecular flexibility index (Phi) is 5.29. The molecule has 0 aliphatic carbocycles. The highest BCUT2D eigenvalue weighted by Crippen LogP contribution is 2.31. The molecule has 0 fully saturated rings. The number of benzene rings is 2.